The summed E-state index contributed by atoms with van der Waals surface area (Å²) < 4.78 is 58.1. The second-order valence-corrected chi connectivity index (χ2v) is 7.70. The minimum absolute atomic E-state index is 0.203. The molecule has 178 valence electrons. The summed E-state index contributed by atoms with van der Waals surface area (Å²) in [4.78, 5) is 34.1. The molecule has 0 atom stereocenters. The third-order valence-electron chi connectivity index (χ3n) is 4.05. The summed E-state index contributed by atoms with van der Waals surface area (Å²) in [5.41, 5.74) is -4.37. The summed E-state index contributed by atoms with van der Waals surface area (Å²) in [5, 5.41) is 23.3. The van der Waals surface area contributed by atoms with Crippen LogP contribution in [0.5, 0.6) is 0 Å². The number of amides is 2. The molecular weight excluding hydrogens is 454 g/mol. The van der Waals surface area contributed by atoms with Crippen molar-refractivity contribution in [3.05, 3.63) is 63.5 Å². The van der Waals surface area contributed by atoms with Gasteiger partial charge in [-0.25, -0.2) is 14.0 Å². The molecule has 0 radical (unpaired) electrons. The highest BCUT2D eigenvalue weighted by Gasteiger charge is 2.37. The van der Waals surface area contributed by atoms with Crippen molar-refractivity contribution >= 4 is 29.2 Å². The highest BCUT2D eigenvalue weighted by molar-refractivity contribution is 6.10. The van der Waals surface area contributed by atoms with E-state index in [4.69, 9.17) is 4.74 Å². The van der Waals surface area contributed by atoms with Gasteiger partial charge in [0.05, 0.1) is 16.2 Å². The van der Waals surface area contributed by atoms with Crippen LogP contribution in [0.2, 0.25) is 0 Å². The van der Waals surface area contributed by atoms with Gasteiger partial charge in [0.15, 0.2) is 11.5 Å². The lowest BCUT2D eigenvalue weighted by molar-refractivity contribution is -0.384. The molecule has 0 aliphatic heterocycles. The molecule has 0 aromatic heterocycles. The van der Waals surface area contributed by atoms with Gasteiger partial charge in [0.2, 0.25) is 0 Å². The van der Waals surface area contributed by atoms with Crippen molar-refractivity contribution in [3.63, 3.8) is 0 Å². The minimum Gasteiger partial charge on any atom is -0.464 e. The second-order valence-electron chi connectivity index (χ2n) is 7.70. The van der Waals surface area contributed by atoms with Gasteiger partial charge in [-0.05, 0) is 44.5 Å². The number of rotatable bonds is 5. The van der Waals surface area contributed by atoms with Gasteiger partial charge < -0.3 is 15.2 Å². The number of hydrogen-bond donors (Lipinski definition) is 2. The summed E-state index contributed by atoms with van der Waals surface area (Å²) in [5.74, 6) is -1.44. The smallest absolute Gasteiger partial charge is 0.424 e. The van der Waals surface area contributed by atoms with Gasteiger partial charge in [-0.3, -0.25) is 10.1 Å². The zero-order valence-corrected chi connectivity index (χ0v) is 17.6. The molecule has 0 bridgehead atoms. The largest absolute Gasteiger partial charge is 0.464 e. The van der Waals surface area contributed by atoms with Crippen LogP contribution in [0.3, 0.4) is 0 Å². The highest BCUT2D eigenvalue weighted by atomic mass is 19.4. The van der Waals surface area contributed by atoms with E-state index >= 15 is 4.39 Å². The molecule has 0 spiro atoms. The van der Waals surface area contributed by atoms with Gasteiger partial charge in [-0.15, -0.1) is 0 Å². The van der Waals surface area contributed by atoms with Crippen molar-refractivity contribution in [2.24, 2.45) is 0 Å². The Hall–Kier alpha value is -3.90. The molecule has 0 aliphatic rings. The van der Waals surface area contributed by atoms with E-state index in [2.05, 4.69) is 5.32 Å². The average Bonchev–Trinajstić information content (AvgIpc) is 2.66. The molecule has 33 heavy (non-hydrogen) atoms. The van der Waals surface area contributed by atoms with Gasteiger partial charge in [-0.1, -0.05) is 12.1 Å². The maximum Gasteiger partial charge on any atom is 0.424 e. The molecule has 0 saturated carbocycles. The fourth-order valence-electron chi connectivity index (χ4n) is 2.63. The molecule has 2 aromatic rings. The number of alkyl halides is 3. The van der Waals surface area contributed by atoms with E-state index in [9.17, 15) is 38.0 Å². The lowest BCUT2D eigenvalue weighted by Crippen LogP contribution is -2.41. The normalized spacial score (nSPS) is 11.6. The number of nitro groups is 1. The Morgan fingerprint density at radius 2 is 1.70 bits per heavy atom. The van der Waals surface area contributed by atoms with Crippen LogP contribution in [0.1, 0.15) is 31.9 Å². The van der Waals surface area contributed by atoms with Crippen LogP contribution < -0.4 is 10.2 Å². The molecule has 0 aliphatic carbocycles. The minimum atomic E-state index is -4.53. The van der Waals surface area contributed by atoms with Crippen molar-refractivity contribution in [3.8, 4) is 0 Å². The van der Waals surface area contributed by atoms with E-state index in [0.717, 1.165) is 36.4 Å². The zero-order chi connectivity index (χ0) is 25.1. The van der Waals surface area contributed by atoms with E-state index in [1.165, 1.54) is 20.8 Å². The van der Waals surface area contributed by atoms with E-state index in [-0.39, 0.29) is 11.4 Å². The van der Waals surface area contributed by atoms with Gasteiger partial charge in [0, 0.05) is 12.6 Å². The molecule has 9 nitrogen and oxygen atoms in total. The topological polar surface area (TPSA) is 122 Å². The van der Waals surface area contributed by atoms with Crippen LogP contribution >= 0.6 is 0 Å². The molecular formula is C20H19F4N3O6. The number of carbonyl (C=O) groups is 2. The Bertz CT molecular complexity index is 1070. The average molecular weight is 473 g/mol. The molecule has 13 heteroatoms. The quantitative estimate of drug-likeness (QED) is 0.320. The van der Waals surface area contributed by atoms with E-state index in [1.54, 1.807) is 0 Å². The number of anilines is 2. The van der Waals surface area contributed by atoms with Gasteiger partial charge >= 0.3 is 18.4 Å². The number of ether oxygens (including phenoxy) is 1. The summed E-state index contributed by atoms with van der Waals surface area (Å²) >= 11 is 0. The molecule has 0 unspecified atom stereocenters. The first-order valence-electron chi connectivity index (χ1n) is 9.24. The third-order valence-corrected chi connectivity index (χ3v) is 4.05. The first-order valence-corrected chi connectivity index (χ1v) is 9.24. The second kappa shape index (κ2) is 9.30. The van der Waals surface area contributed by atoms with Crippen molar-refractivity contribution in [2.75, 3.05) is 10.2 Å². The van der Waals surface area contributed by atoms with Gasteiger partial charge in [-0.2, -0.15) is 18.1 Å². The monoisotopic (exact) mass is 473 g/mol. The van der Waals surface area contributed by atoms with Crippen molar-refractivity contribution in [1.82, 2.24) is 0 Å². The SMILES string of the molecule is CC(C)(C)OC(=O)N(C(=O)O)c1c([N+](=O)[O-])ccc(NCc2ccc(C(F)(F)F)cc2)c1F. The molecule has 2 N–H and O–H groups in total. The van der Waals surface area contributed by atoms with Crippen LogP contribution in [0.15, 0.2) is 36.4 Å². The van der Waals surface area contributed by atoms with E-state index < -0.39 is 57.3 Å². The number of carbonyl (C=O) groups excluding carboxylic acids is 1. The Morgan fingerprint density at radius 3 is 2.15 bits per heavy atom. The first-order chi connectivity index (χ1) is 15.1. The Kier molecular flexibility index (Phi) is 7.15. The fraction of sp³-hybridized carbons (Fsp3) is 0.300. The number of nitrogens with zero attached hydrogens (tertiary/aromatic N) is 2. The Balaban J connectivity index is 2.42. The molecule has 2 amide bonds. The number of imide groups is 1. The predicted molar refractivity (Wildman–Crippen MR) is 109 cm³/mol. The maximum atomic E-state index is 15.2. The lowest BCUT2D eigenvalue weighted by atomic mass is 10.1. The third kappa shape index (κ3) is 6.30. The van der Waals surface area contributed by atoms with E-state index in [0.29, 0.717) is 5.56 Å². The number of carboxylic acid groups (broad SMARTS) is 1. The number of halogens is 4. The highest BCUT2D eigenvalue weighted by Crippen LogP contribution is 2.37. The number of nitrogens with one attached hydrogen (secondary N) is 1. The summed E-state index contributed by atoms with van der Waals surface area (Å²) in [6, 6.07) is 5.66. The molecule has 2 aromatic carbocycles. The molecule has 0 heterocycles. The van der Waals surface area contributed by atoms with Gasteiger partial charge in [0.25, 0.3) is 5.69 Å². The van der Waals surface area contributed by atoms with E-state index in [1.807, 2.05) is 0 Å². The van der Waals surface area contributed by atoms with Crippen molar-refractivity contribution in [2.45, 2.75) is 39.1 Å². The molecule has 0 fully saturated rings. The summed E-state index contributed by atoms with van der Waals surface area (Å²) in [6.07, 6.45) is -8.11. The lowest BCUT2D eigenvalue weighted by Gasteiger charge is -2.25. The van der Waals surface area contributed by atoms with Crippen LogP contribution in [-0.4, -0.2) is 27.8 Å². The Labute approximate surface area is 184 Å². The standard InChI is InChI=1S/C20H19F4N3O6/c1-19(2,3)33-18(30)26(17(28)29)16-14(27(31)32)9-8-13(15(16)21)25-10-11-4-6-12(7-5-11)20(22,23)24/h4-9,25H,10H2,1-3H3,(H,28,29). The zero-order valence-electron chi connectivity index (χ0n) is 17.6. The molecule has 2 rings (SSSR count). The van der Waals surface area contributed by atoms with Crippen LogP contribution in [0.4, 0.5) is 44.2 Å². The van der Waals surface area contributed by atoms with Crippen LogP contribution in [0, 0.1) is 15.9 Å². The number of nitro benzene ring substituents is 1. The fourth-order valence-corrected chi connectivity index (χ4v) is 2.63. The summed E-state index contributed by atoms with van der Waals surface area (Å²) in [6.45, 7) is 4.04. The van der Waals surface area contributed by atoms with Crippen LogP contribution in [0.25, 0.3) is 0 Å². The van der Waals surface area contributed by atoms with Crippen molar-refractivity contribution in [1.29, 1.82) is 0 Å². The number of benzene rings is 2. The molecule has 0 saturated heterocycles. The van der Waals surface area contributed by atoms with Gasteiger partial charge in [0.1, 0.15) is 5.60 Å². The van der Waals surface area contributed by atoms with Crippen LogP contribution in [-0.2, 0) is 17.5 Å². The van der Waals surface area contributed by atoms with Crippen molar-refractivity contribution < 1.29 is 41.9 Å². The first kappa shape index (κ1) is 25.4. The Morgan fingerprint density at radius 1 is 1.12 bits per heavy atom. The maximum absolute atomic E-state index is 15.2. The summed E-state index contributed by atoms with van der Waals surface area (Å²) in [7, 11) is 0. The number of hydrogen-bond acceptors (Lipinski definition) is 6. The predicted octanol–water partition coefficient (Wildman–Crippen LogP) is 5.78.